The number of aliphatic hydroxyl groups is 1. The Balaban J connectivity index is 1.09. The molecule has 232 valence electrons. The molecule has 1 saturated heterocycles. The van der Waals surface area contributed by atoms with Crippen LogP contribution in [0.2, 0.25) is 0 Å². The van der Waals surface area contributed by atoms with Gasteiger partial charge in [-0.1, -0.05) is 35.6 Å². The van der Waals surface area contributed by atoms with Gasteiger partial charge in [0.2, 0.25) is 0 Å². The molecular weight excluding hydrogens is 589 g/mol. The van der Waals surface area contributed by atoms with Crippen LogP contribution in [0.5, 0.6) is 0 Å². The smallest absolute Gasteiger partial charge is 0.393 e. The number of hydrogen-bond acceptors (Lipinski definition) is 7. The van der Waals surface area contributed by atoms with Crippen molar-refractivity contribution in [3.05, 3.63) is 64.6 Å². The molecule has 0 unspecified atom stereocenters. The fourth-order valence-electron chi connectivity index (χ4n) is 6.95. The molecule has 2 fully saturated rings. The van der Waals surface area contributed by atoms with Crippen molar-refractivity contribution in [2.75, 3.05) is 19.6 Å². The van der Waals surface area contributed by atoms with Gasteiger partial charge in [-0.15, -0.1) is 0 Å². The van der Waals surface area contributed by atoms with Crippen LogP contribution in [0, 0.1) is 11.3 Å². The van der Waals surface area contributed by atoms with E-state index < -0.39 is 17.5 Å². The zero-order valence-electron chi connectivity index (χ0n) is 24.2. The molecule has 44 heavy (non-hydrogen) atoms. The van der Waals surface area contributed by atoms with Gasteiger partial charge in [-0.3, -0.25) is 9.89 Å². The van der Waals surface area contributed by atoms with Gasteiger partial charge in [-0.05, 0) is 80.0 Å². The van der Waals surface area contributed by atoms with Crippen LogP contribution in [0.25, 0.3) is 21.5 Å². The summed E-state index contributed by atoms with van der Waals surface area (Å²) in [6, 6.07) is 9.65. The predicted octanol–water partition coefficient (Wildman–Crippen LogP) is 5.85. The highest BCUT2D eigenvalue weighted by Gasteiger charge is 2.66. The zero-order chi connectivity index (χ0) is 30.5. The van der Waals surface area contributed by atoms with E-state index in [4.69, 9.17) is 4.98 Å². The number of alkyl halides is 3. The number of pyridine rings is 1. The quantitative estimate of drug-likeness (QED) is 0.227. The number of hydrogen-bond donors (Lipinski definition) is 3. The highest BCUT2D eigenvalue weighted by atomic mass is 32.1. The maximum absolute atomic E-state index is 13.8. The van der Waals surface area contributed by atoms with Gasteiger partial charge in [0.1, 0.15) is 10.3 Å². The van der Waals surface area contributed by atoms with Gasteiger partial charge in [-0.25, -0.2) is 9.97 Å². The summed E-state index contributed by atoms with van der Waals surface area (Å²) in [5.41, 5.74) is 3.63. The minimum Gasteiger partial charge on any atom is -0.393 e. The van der Waals surface area contributed by atoms with E-state index >= 15 is 0 Å². The van der Waals surface area contributed by atoms with E-state index in [2.05, 4.69) is 25.4 Å². The maximum Gasteiger partial charge on any atom is 0.394 e. The number of likely N-dealkylation sites (tertiary alicyclic amines) is 1. The first-order valence-corrected chi connectivity index (χ1v) is 16.2. The number of thiazole rings is 1. The van der Waals surface area contributed by atoms with Crippen LogP contribution in [-0.2, 0) is 12.8 Å². The Labute approximate surface area is 257 Å². The first kappa shape index (κ1) is 29.4. The summed E-state index contributed by atoms with van der Waals surface area (Å²) < 4.78 is 41.4. The van der Waals surface area contributed by atoms with Gasteiger partial charge in [0, 0.05) is 37.1 Å². The Kier molecular flexibility index (Phi) is 7.70. The second-order valence-corrected chi connectivity index (χ2v) is 13.5. The summed E-state index contributed by atoms with van der Waals surface area (Å²) in [7, 11) is 0. The number of piperidine rings is 1. The largest absolute Gasteiger partial charge is 0.394 e. The first-order valence-electron chi connectivity index (χ1n) is 15.3. The molecule has 1 saturated carbocycles. The molecule has 7 rings (SSSR count). The van der Waals surface area contributed by atoms with Crippen molar-refractivity contribution in [3.63, 3.8) is 0 Å². The minimum atomic E-state index is -4.18. The Bertz CT molecular complexity index is 1630. The number of aliphatic hydroxyl groups excluding tert-OH is 1. The predicted molar refractivity (Wildman–Crippen MR) is 161 cm³/mol. The van der Waals surface area contributed by atoms with Crippen molar-refractivity contribution < 1.29 is 23.1 Å². The third kappa shape index (κ3) is 5.75. The van der Waals surface area contributed by atoms with Crippen LogP contribution in [0.1, 0.15) is 71.2 Å². The van der Waals surface area contributed by atoms with E-state index in [0.717, 1.165) is 60.4 Å². The molecule has 2 aliphatic carbocycles. The van der Waals surface area contributed by atoms with Gasteiger partial charge in [0.05, 0.1) is 23.8 Å². The fraction of sp³-hybridized carbons (Fsp3) is 0.500. The number of carbonyl (C=O) groups is 1. The van der Waals surface area contributed by atoms with Crippen molar-refractivity contribution in [2.45, 2.75) is 69.7 Å². The lowest BCUT2D eigenvalue weighted by atomic mass is 9.76. The molecule has 1 aliphatic heterocycles. The number of halogens is 3. The number of aromatic nitrogens is 4. The molecule has 4 aromatic rings. The molecule has 3 N–H and O–H groups in total. The number of nitrogens with one attached hydrogen (secondary N) is 2. The molecule has 12 heteroatoms. The van der Waals surface area contributed by atoms with E-state index in [0.29, 0.717) is 41.0 Å². The van der Waals surface area contributed by atoms with Crippen molar-refractivity contribution in [1.29, 1.82) is 0 Å². The summed E-state index contributed by atoms with van der Waals surface area (Å²) in [5, 5.41) is 20.2. The Morgan fingerprint density at radius 2 is 1.91 bits per heavy atom. The molecule has 8 nitrogen and oxygen atoms in total. The minimum absolute atomic E-state index is 0.208. The molecule has 1 amide bonds. The second kappa shape index (κ2) is 11.5. The van der Waals surface area contributed by atoms with Gasteiger partial charge >= 0.3 is 6.18 Å². The number of benzene rings is 1. The molecule has 3 aromatic heterocycles. The van der Waals surface area contributed by atoms with Crippen LogP contribution >= 0.6 is 11.3 Å². The van der Waals surface area contributed by atoms with Crippen molar-refractivity contribution >= 4 is 27.6 Å². The lowest BCUT2D eigenvalue weighted by molar-refractivity contribution is -0.204. The van der Waals surface area contributed by atoms with E-state index in [1.165, 1.54) is 11.3 Å². The van der Waals surface area contributed by atoms with Crippen molar-refractivity contribution in [1.82, 2.24) is 30.4 Å². The Hall–Kier alpha value is -3.35. The normalized spacial score (nSPS) is 21.2. The lowest BCUT2D eigenvalue weighted by Crippen LogP contribution is -2.38. The van der Waals surface area contributed by atoms with Crippen LogP contribution in [-0.4, -0.2) is 68.0 Å². The van der Waals surface area contributed by atoms with Crippen LogP contribution < -0.4 is 5.32 Å². The summed E-state index contributed by atoms with van der Waals surface area (Å²) >= 11 is 1.22. The number of rotatable bonds is 8. The van der Waals surface area contributed by atoms with Gasteiger partial charge in [0.15, 0.2) is 5.01 Å². The average molecular weight is 625 g/mol. The monoisotopic (exact) mass is 624 g/mol. The highest BCUT2D eigenvalue weighted by molar-refractivity contribution is 7.19. The SMILES string of the molecule is O=C(N[C@H](CCN1CCC(O)CC1)c1ccc(-c2cn[nH]c2)cc1)c1nc2cc3c(nc2s1)CC[C@H](C1(C(F)(F)F)CC1)C3. The van der Waals surface area contributed by atoms with Crippen LogP contribution in [0.4, 0.5) is 13.2 Å². The third-order valence-corrected chi connectivity index (χ3v) is 10.8. The van der Waals surface area contributed by atoms with E-state index in [1.54, 1.807) is 6.20 Å². The van der Waals surface area contributed by atoms with Crippen molar-refractivity contribution in [3.8, 4) is 11.1 Å². The summed E-state index contributed by atoms with van der Waals surface area (Å²) in [5.74, 6) is -0.727. The average Bonchev–Trinajstić information content (AvgIpc) is 3.47. The summed E-state index contributed by atoms with van der Waals surface area (Å²) in [4.78, 5) is 25.9. The van der Waals surface area contributed by atoms with E-state index in [-0.39, 0.29) is 30.9 Å². The molecule has 4 heterocycles. The number of nitrogens with zero attached hydrogens (tertiary/aromatic N) is 4. The summed E-state index contributed by atoms with van der Waals surface area (Å²) in [6.45, 7) is 2.41. The number of amides is 1. The Morgan fingerprint density at radius 1 is 1.14 bits per heavy atom. The lowest BCUT2D eigenvalue weighted by Gasteiger charge is -2.32. The van der Waals surface area contributed by atoms with Crippen molar-refractivity contribution in [2.24, 2.45) is 11.3 Å². The van der Waals surface area contributed by atoms with Gasteiger partial charge in [-0.2, -0.15) is 18.3 Å². The number of carbonyl (C=O) groups excluding carboxylic acids is 1. The summed E-state index contributed by atoms with van der Waals surface area (Å²) in [6.07, 6.45) is 3.11. The first-order chi connectivity index (χ1) is 21.2. The van der Waals surface area contributed by atoms with Gasteiger partial charge < -0.3 is 15.3 Å². The van der Waals surface area contributed by atoms with Crippen LogP contribution in [0.3, 0.4) is 0 Å². The van der Waals surface area contributed by atoms with Crippen LogP contribution in [0.15, 0.2) is 42.7 Å². The second-order valence-electron chi connectivity index (χ2n) is 12.5. The third-order valence-electron chi connectivity index (χ3n) is 9.82. The Morgan fingerprint density at radius 3 is 2.59 bits per heavy atom. The van der Waals surface area contributed by atoms with Gasteiger partial charge in [0.25, 0.3) is 5.91 Å². The highest BCUT2D eigenvalue weighted by Crippen LogP contribution is 2.64. The van der Waals surface area contributed by atoms with E-state index in [1.807, 2.05) is 36.5 Å². The molecule has 1 aromatic carbocycles. The molecular formula is C32H35F3N6O2S. The molecule has 2 atom stereocenters. The number of aromatic amines is 1. The molecule has 0 radical (unpaired) electrons. The standard InChI is InChI=1S/C32H35F3N6O2S/c33-32(34,35)31(10-11-31)23-5-6-25-21(15-23)16-27-29(39-25)44-30(40-27)28(43)38-26(9-14-41-12-7-24(42)8-13-41)20-3-1-19(2-4-20)22-17-36-37-18-22/h1-4,16-18,23-24,26,42H,5-15H2,(H,36,37)(H,38,43)/t23-,26+/m0/s1. The molecule has 3 aliphatic rings. The topological polar surface area (TPSA) is 107 Å². The molecule has 0 bridgehead atoms. The number of aryl methyl sites for hydroxylation is 1. The zero-order valence-corrected chi connectivity index (χ0v) is 25.1. The van der Waals surface area contributed by atoms with E-state index in [9.17, 15) is 23.1 Å². The maximum atomic E-state index is 13.8. The number of H-pyrrole nitrogens is 1. The molecule has 0 spiro atoms. The number of fused-ring (bicyclic) bond motifs is 2. The fourth-order valence-corrected chi connectivity index (χ4v) is 7.80.